The van der Waals surface area contributed by atoms with Gasteiger partial charge < -0.3 is 25.0 Å². The Morgan fingerprint density at radius 2 is 2.04 bits per heavy atom. The molecule has 2 N–H and O–H groups in total. The molecule has 1 unspecified atom stereocenters. The van der Waals surface area contributed by atoms with Gasteiger partial charge in [-0.15, -0.1) is 24.0 Å². The van der Waals surface area contributed by atoms with Crippen LogP contribution in [0.25, 0.3) is 0 Å². The van der Waals surface area contributed by atoms with Gasteiger partial charge in [0.1, 0.15) is 0 Å². The molecular formula is C19H29IN6O2. The number of halogens is 1. The summed E-state index contributed by atoms with van der Waals surface area (Å²) in [6, 6.07) is 6.01. The molecule has 3 rings (SSSR count). The number of aromatic nitrogens is 2. The van der Waals surface area contributed by atoms with Crippen molar-refractivity contribution in [1.29, 1.82) is 0 Å². The summed E-state index contributed by atoms with van der Waals surface area (Å²) >= 11 is 0. The van der Waals surface area contributed by atoms with Crippen LogP contribution >= 0.6 is 24.0 Å². The Morgan fingerprint density at radius 3 is 2.68 bits per heavy atom. The smallest absolute Gasteiger partial charge is 0.195 e. The van der Waals surface area contributed by atoms with Crippen molar-refractivity contribution in [2.45, 2.75) is 12.5 Å². The first-order chi connectivity index (χ1) is 13.1. The molecule has 1 aromatic heterocycles. The number of nitrogens with zero attached hydrogens (tertiary/aromatic N) is 4. The number of guanidine groups is 1. The van der Waals surface area contributed by atoms with Crippen molar-refractivity contribution in [1.82, 2.24) is 20.0 Å². The summed E-state index contributed by atoms with van der Waals surface area (Å²) in [5, 5.41) is 11.0. The fourth-order valence-corrected chi connectivity index (χ4v) is 2.96. The number of benzene rings is 1. The summed E-state index contributed by atoms with van der Waals surface area (Å²) in [6.07, 6.45) is 4.82. The number of fused-ring (bicyclic) bond motifs is 1. The maximum absolute atomic E-state index is 5.75. The molecule has 0 saturated heterocycles. The zero-order chi connectivity index (χ0) is 19.2. The number of aliphatic imine (C=N–C) groups is 1. The molecule has 0 fully saturated rings. The Morgan fingerprint density at radius 1 is 1.29 bits per heavy atom. The van der Waals surface area contributed by atoms with E-state index in [1.165, 1.54) is 0 Å². The number of rotatable bonds is 5. The van der Waals surface area contributed by atoms with E-state index in [0.717, 1.165) is 29.2 Å². The van der Waals surface area contributed by atoms with Crippen molar-refractivity contribution in [3.05, 3.63) is 36.2 Å². The van der Waals surface area contributed by atoms with E-state index in [0.29, 0.717) is 25.7 Å². The molecule has 1 aliphatic heterocycles. The minimum Gasteiger partial charge on any atom is -0.490 e. The van der Waals surface area contributed by atoms with Crippen LogP contribution in [-0.4, -0.2) is 61.5 Å². The van der Waals surface area contributed by atoms with Crippen LogP contribution in [0.1, 0.15) is 18.0 Å². The average Bonchev–Trinajstić information content (AvgIpc) is 2.93. The third-order valence-electron chi connectivity index (χ3n) is 4.43. The minimum atomic E-state index is 0. The molecule has 1 atom stereocenters. The van der Waals surface area contributed by atoms with Gasteiger partial charge in [-0.2, -0.15) is 5.10 Å². The SMILES string of the molecule is CN=C(NCC(c1cnn(C)c1)N(C)C)Nc1ccc2c(c1)OCCCO2.I. The van der Waals surface area contributed by atoms with Crippen molar-refractivity contribution < 1.29 is 9.47 Å². The topological polar surface area (TPSA) is 75.9 Å². The molecule has 0 bridgehead atoms. The second-order valence-electron chi connectivity index (χ2n) is 6.72. The molecule has 1 aliphatic rings. The highest BCUT2D eigenvalue weighted by molar-refractivity contribution is 14.0. The third-order valence-corrected chi connectivity index (χ3v) is 4.43. The highest BCUT2D eigenvalue weighted by Crippen LogP contribution is 2.32. The fourth-order valence-electron chi connectivity index (χ4n) is 2.96. The summed E-state index contributed by atoms with van der Waals surface area (Å²) in [7, 11) is 7.79. The van der Waals surface area contributed by atoms with Crippen molar-refractivity contribution in [2.24, 2.45) is 12.0 Å². The fraction of sp³-hybridized carbons (Fsp3) is 0.474. The van der Waals surface area contributed by atoms with Gasteiger partial charge in [-0.1, -0.05) is 0 Å². The Labute approximate surface area is 183 Å². The Hall–Kier alpha value is -2.01. The molecule has 2 heterocycles. The van der Waals surface area contributed by atoms with Crippen molar-refractivity contribution in [3.8, 4) is 11.5 Å². The summed E-state index contributed by atoms with van der Waals surface area (Å²) in [6.45, 7) is 2.05. The van der Waals surface area contributed by atoms with Crippen LogP contribution < -0.4 is 20.1 Å². The third kappa shape index (κ3) is 5.74. The van der Waals surface area contributed by atoms with E-state index in [9.17, 15) is 0 Å². The Kier molecular flexibility index (Phi) is 8.36. The number of hydrogen-bond donors (Lipinski definition) is 2. The largest absolute Gasteiger partial charge is 0.490 e. The molecule has 1 aromatic carbocycles. The predicted molar refractivity (Wildman–Crippen MR) is 122 cm³/mol. The van der Waals surface area contributed by atoms with Crippen molar-refractivity contribution >= 4 is 35.6 Å². The molecule has 0 amide bonds. The highest BCUT2D eigenvalue weighted by atomic mass is 127. The van der Waals surface area contributed by atoms with Crippen molar-refractivity contribution in [2.75, 3.05) is 46.2 Å². The maximum Gasteiger partial charge on any atom is 0.195 e. The zero-order valence-corrected chi connectivity index (χ0v) is 19.1. The first-order valence-electron chi connectivity index (χ1n) is 9.09. The second kappa shape index (κ2) is 10.5. The highest BCUT2D eigenvalue weighted by Gasteiger charge is 2.17. The van der Waals surface area contributed by atoms with E-state index in [1.54, 1.807) is 7.05 Å². The molecule has 0 radical (unpaired) electrons. The van der Waals surface area contributed by atoms with Gasteiger partial charge in [0.15, 0.2) is 17.5 Å². The van der Waals surface area contributed by atoms with Gasteiger partial charge in [-0.3, -0.25) is 9.67 Å². The number of nitrogens with one attached hydrogen (secondary N) is 2. The molecular weight excluding hydrogens is 471 g/mol. The van der Waals surface area contributed by atoms with Gasteiger partial charge in [-0.25, -0.2) is 0 Å². The van der Waals surface area contributed by atoms with Gasteiger partial charge in [0.25, 0.3) is 0 Å². The van der Waals surface area contributed by atoms with E-state index in [-0.39, 0.29) is 30.0 Å². The lowest BCUT2D eigenvalue weighted by Gasteiger charge is -2.24. The summed E-state index contributed by atoms with van der Waals surface area (Å²) < 4.78 is 13.2. The van der Waals surface area contributed by atoms with Crippen LogP contribution in [0, 0.1) is 0 Å². The number of likely N-dealkylation sites (N-methyl/N-ethyl adjacent to an activating group) is 1. The van der Waals surface area contributed by atoms with Crippen LogP contribution in [0.3, 0.4) is 0 Å². The van der Waals surface area contributed by atoms with E-state index in [4.69, 9.17) is 9.47 Å². The molecule has 0 aliphatic carbocycles. The molecule has 0 saturated carbocycles. The Balaban J connectivity index is 0.00000280. The molecule has 9 heteroatoms. The quantitative estimate of drug-likeness (QED) is 0.374. The summed E-state index contributed by atoms with van der Waals surface area (Å²) in [5.74, 6) is 2.24. The van der Waals surface area contributed by atoms with E-state index in [1.807, 2.05) is 42.3 Å². The lowest BCUT2D eigenvalue weighted by molar-refractivity contribution is 0.297. The van der Waals surface area contributed by atoms with Gasteiger partial charge in [0.2, 0.25) is 0 Å². The minimum absolute atomic E-state index is 0. The van der Waals surface area contributed by atoms with Gasteiger partial charge in [-0.05, 0) is 26.2 Å². The van der Waals surface area contributed by atoms with Crippen LogP contribution in [0.2, 0.25) is 0 Å². The van der Waals surface area contributed by atoms with Crippen LogP contribution in [0.15, 0.2) is 35.6 Å². The van der Waals surface area contributed by atoms with E-state index >= 15 is 0 Å². The van der Waals surface area contributed by atoms with Crippen LogP contribution in [0.4, 0.5) is 5.69 Å². The van der Waals surface area contributed by atoms with Gasteiger partial charge in [0, 0.05) is 50.6 Å². The molecule has 154 valence electrons. The van der Waals surface area contributed by atoms with Crippen LogP contribution in [0.5, 0.6) is 11.5 Å². The predicted octanol–water partition coefficient (Wildman–Crippen LogP) is 2.49. The lowest BCUT2D eigenvalue weighted by atomic mass is 10.1. The van der Waals surface area contributed by atoms with E-state index < -0.39 is 0 Å². The first kappa shape index (κ1) is 22.3. The normalized spacial score (nSPS) is 14.8. The molecule has 28 heavy (non-hydrogen) atoms. The number of aryl methyl sites for hydroxylation is 1. The van der Waals surface area contributed by atoms with Gasteiger partial charge >= 0.3 is 0 Å². The lowest BCUT2D eigenvalue weighted by Crippen LogP contribution is -2.37. The summed E-state index contributed by atoms with van der Waals surface area (Å²) in [5.41, 5.74) is 2.05. The monoisotopic (exact) mass is 500 g/mol. The number of ether oxygens (including phenoxy) is 2. The number of anilines is 1. The molecule has 2 aromatic rings. The molecule has 0 spiro atoms. The zero-order valence-electron chi connectivity index (χ0n) is 16.8. The molecule has 8 nitrogen and oxygen atoms in total. The first-order valence-corrected chi connectivity index (χ1v) is 9.09. The van der Waals surface area contributed by atoms with E-state index in [2.05, 4.69) is 39.7 Å². The standard InChI is InChI=1S/C19H28N6O2.HI/c1-20-19(21-12-16(24(2)3)14-11-22-25(4)13-14)23-15-6-7-17-18(10-15)27-9-5-8-26-17;/h6-7,10-11,13,16H,5,8-9,12H2,1-4H3,(H2,20,21,23);1H. The number of hydrogen-bond acceptors (Lipinski definition) is 5. The van der Waals surface area contributed by atoms with Gasteiger partial charge in [0.05, 0.1) is 25.5 Å². The average molecular weight is 500 g/mol. The van der Waals surface area contributed by atoms with Crippen LogP contribution in [-0.2, 0) is 7.05 Å². The maximum atomic E-state index is 5.75. The van der Waals surface area contributed by atoms with Crippen molar-refractivity contribution in [3.63, 3.8) is 0 Å². The Bertz CT molecular complexity index is 792. The second-order valence-corrected chi connectivity index (χ2v) is 6.72. The summed E-state index contributed by atoms with van der Waals surface area (Å²) in [4.78, 5) is 6.48.